The Labute approximate surface area is 82.7 Å². The molecule has 0 amide bonds. The van der Waals surface area contributed by atoms with E-state index in [1.165, 1.54) is 44.9 Å². The van der Waals surface area contributed by atoms with Gasteiger partial charge in [0.2, 0.25) is 0 Å². The molecule has 0 radical (unpaired) electrons. The molecule has 0 aromatic heterocycles. The maximum atomic E-state index is 5.19. The highest BCUT2D eigenvalue weighted by atomic mass is 14.5. The highest BCUT2D eigenvalue weighted by Gasteiger charge is 1.87. The van der Waals surface area contributed by atoms with E-state index in [2.05, 4.69) is 13.0 Å². The molecule has 0 rings (SSSR count). The Bertz CT molecular complexity index is 136. The fraction of sp³-hybridized carbons (Fsp3) is 0.667. The van der Waals surface area contributed by atoms with Gasteiger partial charge in [0.05, 0.1) is 0 Å². The van der Waals surface area contributed by atoms with Crippen LogP contribution in [0.1, 0.15) is 51.9 Å². The summed E-state index contributed by atoms with van der Waals surface area (Å²) in [7, 11) is 0. The average molecular weight is 181 g/mol. The summed E-state index contributed by atoms with van der Waals surface area (Å²) < 4.78 is 0. The molecular formula is C12H23N. The Morgan fingerprint density at radius 3 is 2.31 bits per heavy atom. The zero-order valence-electron chi connectivity index (χ0n) is 8.84. The SMILES string of the molecule is CCCCCCCC/C=C/C=C/N. The largest absolute Gasteiger partial charge is 0.405 e. The summed E-state index contributed by atoms with van der Waals surface area (Å²) in [6, 6.07) is 0. The highest BCUT2D eigenvalue weighted by Crippen LogP contribution is 2.06. The predicted octanol–water partition coefficient (Wildman–Crippen LogP) is 3.77. The topological polar surface area (TPSA) is 26.0 Å². The first-order chi connectivity index (χ1) is 6.41. The van der Waals surface area contributed by atoms with E-state index >= 15 is 0 Å². The second kappa shape index (κ2) is 11.3. The van der Waals surface area contributed by atoms with E-state index < -0.39 is 0 Å². The van der Waals surface area contributed by atoms with Crippen molar-refractivity contribution in [2.45, 2.75) is 51.9 Å². The molecule has 0 atom stereocenters. The van der Waals surface area contributed by atoms with Crippen molar-refractivity contribution < 1.29 is 0 Å². The van der Waals surface area contributed by atoms with Crippen LogP contribution in [-0.2, 0) is 0 Å². The number of nitrogens with two attached hydrogens (primary N) is 1. The van der Waals surface area contributed by atoms with E-state index in [-0.39, 0.29) is 0 Å². The molecule has 0 aromatic carbocycles. The summed E-state index contributed by atoms with van der Waals surface area (Å²) in [6.45, 7) is 2.25. The van der Waals surface area contributed by atoms with Crippen molar-refractivity contribution in [2.75, 3.05) is 0 Å². The zero-order valence-corrected chi connectivity index (χ0v) is 8.84. The average Bonchev–Trinajstić information content (AvgIpc) is 2.16. The summed E-state index contributed by atoms with van der Waals surface area (Å²) in [5.41, 5.74) is 5.19. The fourth-order valence-corrected chi connectivity index (χ4v) is 1.28. The maximum absolute atomic E-state index is 5.19. The van der Waals surface area contributed by atoms with Crippen LogP contribution >= 0.6 is 0 Å². The number of hydrogen-bond donors (Lipinski definition) is 1. The second-order valence-electron chi connectivity index (χ2n) is 3.37. The molecule has 0 heterocycles. The van der Waals surface area contributed by atoms with E-state index in [9.17, 15) is 0 Å². The third kappa shape index (κ3) is 11.3. The molecule has 0 bridgehead atoms. The molecule has 0 saturated carbocycles. The van der Waals surface area contributed by atoms with Crippen LogP contribution in [0.15, 0.2) is 24.4 Å². The molecule has 0 aliphatic rings. The lowest BCUT2D eigenvalue weighted by Gasteiger charge is -1.97. The van der Waals surface area contributed by atoms with Gasteiger partial charge in [-0.15, -0.1) is 0 Å². The van der Waals surface area contributed by atoms with Crippen LogP contribution in [0.2, 0.25) is 0 Å². The third-order valence-corrected chi connectivity index (χ3v) is 2.08. The van der Waals surface area contributed by atoms with Gasteiger partial charge in [0.25, 0.3) is 0 Å². The molecule has 2 N–H and O–H groups in total. The van der Waals surface area contributed by atoms with Crippen molar-refractivity contribution in [2.24, 2.45) is 5.73 Å². The molecule has 0 fully saturated rings. The van der Waals surface area contributed by atoms with Crippen molar-refractivity contribution in [3.63, 3.8) is 0 Å². The Hall–Kier alpha value is -0.720. The van der Waals surface area contributed by atoms with Gasteiger partial charge >= 0.3 is 0 Å². The number of unbranched alkanes of at least 4 members (excludes halogenated alkanes) is 6. The normalized spacial score (nSPS) is 11.8. The Morgan fingerprint density at radius 2 is 1.62 bits per heavy atom. The van der Waals surface area contributed by atoms with Crippen molar-refractivity contribution in [1.29, 1.82) is 0 Å². The summed E-state index contributed by atoms with van der Waals surface area (Å²) in [6.07, 6.45) is 17.1. The Kier molecular flexibility index (Phi) is 10.7. The summed E-state index contributed by atoms with van der Waals surface area (Å²) in [5, 5.41) is 0. The van der Waals surface area contributed by atoms with Gasteiger partial charge < -0.3 is 5.73 Å². The van der Waals surface area contributed by atoms with E-state index in [1.54, 1.807) is 6.20 Å². The van der Waals surface area contributed by atoms with Gasteiger partial charge in [-0.3, -0.25) is 0 Å². The molecule has 0 aliphatic heterocycles. The molecule has 0 saturated heterocycles. The molecule has 0 aliphatic carbocycles. The second-order valence-corrected chi connectivity index (χ2v) is 3.37. The van der Waals surface area contributed by atoms with Crippen LogP contribution in [0.4, 0.5) is 0 Å². The summed E-state index contributed by atoms with van der Waals surface area (Å²) >= 11 is 0. The monoisotopic (exact) mass is 181 g/mol. The zero-order chi connectivity index (χ0) is 9.78. The lowest BCUT2D eigenvalue weighted by Crippen LogP contribution is -1.77. The molecule has 13 heavy (non-hydrogen) atoms. The third-order valence-electron chi connectivity index (χ3n) is 2.08. The minimum atomic E-state index is 1.19. The molecule has 1 heteroatoms. The van der Waals surface area contributed by atoms with Crippen LogP contribution in [0.25, 0.3) is 0 Å². The summed E-state index contributed by atoms with van der Waals surface area (Å²) in [4.78, 5) is 0. The number of hydrogen-bond acceptors (Lipinski definition) is 1. The fourth-order valence-electron chi connectivity index (χ4n) is 1.28. The van der Waals surface area contributed by atoms with Gasteiger partial charge in [-0.25, -0.2) is 0 Å². The van der Waals surface area contributed by atoms with Crippen LogP contribution in [0.3, 0.4) is 0 Å². The van der Waals surface area contributed by atoms with Gasteiger partial charge in [0.1, 0.15) is 0 Å². The van der Waals surface area contributed by atoms with Crippen LogP contribution in [0.5, 0.6) is 0 Å². The lowest BCUT2D eigenvalue weighted by atomic mass is 10.1. The van der Waals surface area contributed by atoms with Gasteiger partial charge in [-0.05, 0) is 25.1 Å². The van der Waals surface area contributed by atoms with Crippen molar-refractivity contribution >= 4 is 0 Å². The maximum Gasteiger partial charge on any atom is -0.00625 e. The molecule has 1 nitrogen and oxygen atoms in total. The van der Waals surface area contributed by atoms with Gasteiger partial charge in [0.15, 0.2) is 0 Å². The first-order valence-corrected chi connectivity index (χ1v) is 5.45. The van der Waals surface area contributed by atoms with E-state index in [4.69, 9.17) is 5.73 Å². The standard InChI is InChI=1S/C12H23N/c1-2-3-4-5-6-7-8-9-10-11-12-13/h9-12H,2-8,13H2,1H3/b10-9+,12-11+. The van der Waals surface area contributed by atoms with Crippen LogP contribution in [0, 0.1) is 0 Å². The minimum absolute atomic E-state index is 1.19. The smallest absolute Gasteiger partial charge is 0.00625 e. The minimum Gasteiger partial charge on any atom is -0.405 e. The van der Waals surface area contributed by atoms with E-state index in [1.807, 2.05) is 12.2 Å². The molecule has 0 unspecified atom stereocenters. The molecule has 76 valence electrons. The first kappa shape index (κ1) is 12.3. The molecule has 0 spiro atoms. The highest BCUT2D eigenvalue weighted by molar-refractivity contribution is 5.00. The first-order valence-electron chi connectivity index (χ1n) is 5.45. The Morgan fingerprint density at radius 1 is 0.923 bits per heavy atom. The quantitative estimate of drug-likeness (QED) is 0.448. The van der Waals surface area contributed by atoms with Gasteiger partial charge in [0, 0.05) is 0 Å². The van der Waals surface area contributed by atoms with E-state index in [0.29, 0.717) is 0 Å². The van der Waals surface area contributed by atoms with Crippen LogP contribution < -0.4 is 5.73 Å². The van der Waals surface area contributed by atoms with Crippen LogP contribution in [-0.4, -0.2) is 0 Å². The number of allylic oxidation sites excluding steroid dienone is 3. The number of rotatable bonds is 8. The van der Waals surface area contributed by atoms with Crippen molar-refractivity contribution in [3.8, 4) is 0 Å². The summed E-state index contributed by atoms with van der Waals surface area (Å²) in [5.74, 6) is 0. The van der Waals surface area contributed by atoms with Crippen molar-refractivity contribution in [3.05, 3.63) is 24.4 Å². The molecule has 0 aromatic rings. The van der Waals surface area contributed by atoms with Crippen molar-refractivity contribution in [1.82, 2.24) is 0 Å². The molecular weight excluding hydrogens is 158 g/mol. The van der Waals surface area contributed by atoms with E-state index in [0.717, 1.165) is 0 Å². The predicted molar refractivity (Wildman–Crippen MR) is 60.5 cm³/mol. The van der Waals surface area contributed by atoms with Gasteiger partial charge in [-0.2, -0.15) is 0 Å². The van der Waals surface area contributed by atoms with Gasteiger partial charge in [-0.1, -0.05) is 51.2 Å². The lowest BCUT2D eigenvalue weighted by molar-refractivity contribution is 0.611. The Balaban J connectivity index is 2.99.